The van der Waals surface area contributed by atoms with Crippen LogP contribution >= 0.6 is 0 Å². The third-order valence-electron chi connectivity index (χ3n) is 15.6. The number of carbonyl (C=O) groups excluding carboxylic acids is 3. The summed E-state index contributed by atoms with van der Waals surface area (Å²) in [5.74, 6) is -4.85. The van der Waals surface area contributed by atoms with Gasteiger partial charge < -0.3 is 54.4 Å². The normalized spacial score (nSPS) is 32.1. The zero-order chi connectivity index (χ0) is 48.5. The van der Waals surface area contributed by atoms with E-state index >= 15 is 4.79 Å². The predicted octanol–water partition coefficient (Wildman–Crippen LogP) is 2.63. The Morgan fingerprint density at radius 3 is 2.22 bits per heavy atom. The molecule has 1 saturated heterocycles. The Balaban J connectivity index is 0.000000547. The standard InChI is InChI=1S/C45H54N4O8.C4H6O6/c1-8-27-19-28-22-44(40(51)55-6,36-30(25-48(23-27)24-28)29-13-10-11-14-33(29)46-36)32-20-31-34(21-35(32)54-5)47(4)38-43(31)16-18-49-17-12-15-42(9-2,37(43)49)39(57-26(3)50)45(38,53)41(52)56-7;5-1(3(7)8)2(6)4(9)10/h10-15,19-21,28,37-39,46,53H,8-9,16-18,22-25H2,1-7H3;1-2,5-6H,(H,7,8)(H,9,10)/t28-,37-,38+,39+,42+,43+,44-,45-;1-,2-/m01/s1. The van der Waals surface area contributed by atoms with Gasteiger partial charge in [-0.1, -0.05) is 55.8 Å². The fourth-order valence-electron chi connectivity index (χ4n) is 13.1. The van der Waals surface area contributed by atoms with E-state index in [0.717, 1.165) is 52.9 Å². The van der Waals surface area contributed by atoms with E-state index < -0.39 is 70.1 Å². The number of nitrogens with one attached hydrogen (secondary N) is 1. The number of aromatic nitrogens is 1. The van der Waals surface area contributed by atoms with Gasteiger partial charge in [-0.15, -0.1) is 0 Å². The highest BCUT2D eigenvalue weighted by molar-refractivity contribution is 5.95. The van der Waals surface area contributed by atoms with Crippen LogP contribution in [0.15, 0.2) is 60.2 Å². The first-order valence-corrected chi connectivity index (χ1v) is 22.6. The summed E-state index contributed by atoms with van der Waals surface area (Å²) < 4.78 is 23.9. The molecule has 5 aliphatic heterocycles. The molecule has 18 nitrogen and oxygen atoms in total. The van der Waals surface area contributed by atoms with Gasteiger partial charge in [-0.05, 0) is 61.4 Å². The number of aliphatic hydroxyl groups excluding tert-OH is 2. The van der Waals surface area contributed by atoms with Crippen molar-refractivity contribution in [3.63, 3.8) is 0 Å². The summed E-state index contributed by atoms with van der Waals surface area (Å²) in [7, 11) is 6.22. The quantitative estimate of drug-likeness (QED) is 0.0972. The van der Waals surface area contributed by atoms with Crippen LogP contribution < -0.4 is 9.64 Å². The number of likely N-dealkylation sites (N-methyl/N-ethyl adjacent to an activating group) is 1. The monoisotopic (exact) mass is 928 g/mol. The second kappa shape index (κ2) is 17.4. The van der Waals surface area contributed by atoms with Gasteiger partial charge in [0.2, 0.25) is 5.60 Å². The number of carboxylic acid groups (broad SMARTS) is 2. The zero-order valence-electron chi connectivity index (χ0n) is 38.8. The Morgan fingerprint density at radius 1 is 0.925 bits per heavy atom. The first-order valence-electron chi connectivity index (χ1n) is 22.6. The minimum atomic E-state index is -2.27. The van der Waals surface area contributed by atoms with Crippen molar-refractivity contribution < 1.29 is 68.5 Å². The van der Waals surface area contributed by atoms with Crippen LogP contribution in [0.3, 0.4) is 0 Å². The molecule has 0 radical (unpaired) electrons. The van der Waals surface area contributed by atoms with Crippen molar-refractivity contribution in [1.29, 1.82) is 0 Å². The molecular formula is C49H60N4O14. The highest BCUT2D eigenvalue weighted by Crippen LogP contribution is 2.68. The van der Waals surface area contributed by atoms with Gasteiger partial charge in [-0.25, -0.2) is 14.4 Å². The number of rotatable bonds is 10. The molecule has 67 heavy (non-hydrogen) atoms. The number of anilines is 1. The summed E-state index contributed by atoms with van der Waals surface area (Å²) in [5, 5.41) is 46.9. The van der Waals surface area contributed by atoms with Crippen molar-refractivity contribution in [2.75, 3.05) is 59.5 Å². The van der Waals surface area contributed by atoms with Crippen molar-refractivity contribution >= 4 is 46.4 Å². The molecule has 2 bridgehead atoms. The van der Waals surface area contributed by atoms with Gasteiger partial charge in [0.25, 0.3) is 0 Å². The molecule has 1 aromatic heterocycles. The first-order chi connectivity index (χ1) is 31.8. The third kappa shape index (κ3) is 6.88. The van der Waals surface area contributed by atoms with Gasteiger partial charge in [0.1, 0.15) is 11.2 Å². The Bertz CT molecular complexity index is 2560. The van der Waals surface area contributed by atoms with Crippen molar-refractivity contribution in [2.45, 2.75) is 99.8 Å². The van der Waals surface area contributed by atoms with Gasteiger partial charge in [-0.3, -0.25) is 19.4 Å². The number of hydrogen-bond acceptors (Lipinski definition) is 15. The number of carboxylic acids is 2. The summed E-state index contributed by atoms with van der Waals surface area (Å²) >= 11 is 0. The fourth-order valence-corrected chi connectivity index (χ4v) is 13.1. The molecule has 2 fully saturated rings. The first kappa shape index (κ1) is 47.7. The minimum Gasteiger partial charge on any atom is -0.496 e. The SMILES string of the molecule is CCC1=C[C@@H]2CN(C1)Cc1c([nH]c3ccccc13)[C@@](C(=O)OC)(c1cc3c(cc1OC)N(C)[C@H]1[C@@](O)(C(=O)OC)[C@H](OC(C)=O)[C@]4(CC)C=CCN5CC[C@]31[C@@H]54)C2.O=C(O)[C@H](O)[C@@H](O)C(=O)O. The average molecular weight is 929 g/mol. The highest BCUT2D eigenvalue weighted by atomic mass is 16.6. The van der Waals surface area contributed by atoms with Crippen LogP contribution in [0.4, 0.5) is 5.69 Å². The Morgan fingerprint density at radius 2 is 1.61 bits per heavy atom. The van der Waals surface area contributed by atoms with E-state index in [1.165, 1.54) is 26.7 Å². The number of aliphatic carboxylic acids is 2. The number of ether oxygens (including phenoxy) is 4. The van der Waals surface area contributed by atoms with Gasteiger partial charge in [0.15, 0.2) is 18.3 Å². The molecule has 9 rings (SSSR count). The molecule has 1 aliphatic carbocycles. The maximum atomic E-state index is 15.2. The number of fused-ring (bicyclic) bond motifs is 6. The number of hydrogen-bond donors (Lipinski definition) is 6. The Kier molecular flexibility index (Phi) is 12.4. The Labute approximate surface area is 387 Å². The predicted molar refractivity (Wildman–Crippen MR) is 241 cm³/mol. The summed E-state index contributed by atoms with van der Waals surface area (Å²) in [4.78, 5) is 72.7. The lowest BCUT2D eigenvalue weighted by Crippen LogP contribution is -2.81. The zero-order valence-corrected chi connectivity index (χ0v) is 38.8. The lowest BCUT2D eigenvalue weighted by Gasteiger charge is -2.63. The van der Waals surface area contributed by atoms with E-state index in [-0.39, 0.29) is 17.9 Å². The van der Waals surface area contributed by atoms with Crippen LogP contribution in [0.1, 0.15) is 68.8 Å². The number of carbonyl (C=O) groups is 5. The molecule has 1 spiro atoms. The van der Waals surface area contributed by atoms with Crippen LogP contribution in [-0.4, -0.2) is 161 Å². The molecule has 6 heterocycles. The Hall–Kier alpha value is -5.79. The number of nitrogens with zero attached hydrogens (tertiary/aromatic N) is 3. The lowest BCUT2D eigenvalue weighted by atomic mass is 9.47. The number of esters is 3. The second-order valence-electron chi connectivity index (χ2n) is 18.7. The number of aromatic amines is 1. The van der Waals surface area contributed by atoms with Crippen LogP contribution in [0.25, 0.3) is 10.9 Å². The van der Waals surface area contributed by atoms with Gasteiger partial charge >= 0.3 is 29.8 Å². The van der Waals surface area contributed by atoms with Crippen LogP contribution in [0.5, 0.6) is 5.75 Å². The third-order valence-corrected chi connectivity index (χ3v) is 15.6. The molecule has 18 heteroatoms. The number of benzene rings is 2. The molecule has 1 saturated carbocycles. The molecule has 3 aromatic rings. The van der Waals surface area contributed by atoms with Crippen molar-refractivity contribution in [2.24, 2.45) is 11.3 Å². The number of para-hydroxylation sites is 1. The number of H-pyrrole nitrogens is 1. The van der Waals surface area contributed by atoms with Gasteiger partial charge in [-0.2, -0.15) is 0 Å². The molecule has 360 valence electrons. The number of aliphatic hydroxyl groups is 3. The summed E-state index contributed by atoms with van der Waals surface area (Å²) in [6.07, 6.45) is 3.14. The van der Waals surface area contributed by atoms with Gasteiger partial charge in [0, 0.05) is 90.9 Å². The summed E-state index contributed by atoms with van der Waals surface area (Å²) in [5.41, 5.74) is 1.05. The topological polar surface area (TPSA) is 249 Å². The van der Waals surface area contributed by atoms with Crippen molar-refractivity contribution in [3.8, 4) is 5.75 Å². The molecule has 0 amide bonds. The average Bonchev–Trinajstić information content (AvgIpc) is 3.97. The molecule has 11 atom stereocenters. The van der Waals surface area contributed by atoms with Crippen LogP contribution in [0.2, 0.25) is 0 Å². The second-order valence-corrected chi connectivity index (χ2v) is 18.7. The molecule has 6 aliphatic rings. The van der Waals surface area contributed by atoms with Gasteiger partial charge in [0.05, 0.1) is 27.4 Å². The number of methoxy groups -OCH3 is 3. The molecular weight excluding hydrogens is 869 g/mol. The van der Waals surface area contributed by atoms with E-state index in [1.807, 2.05) is 37.1 Å². The fraction of sp³-hybridized carbons (Fsp3) is 0.531. The summed E-state index contributed by atoms with van der Waals surface area (Å²) in [6.45, 7) is 9.19. The molecule has 6 N–H and O–H groups in total. The maximum absolute atomic E-state index is 15.2. The largest absolute Gasteiger partial charge is 0.496 e. The van der Waals surface area contributed by atoms with Crippen molar-refractivity contribution in [1.82, 2.24) is 14.8 Å². The summed E-state index contributed by atoms with van der Waals surface area (Å²) in [6, 6.07) is 11.2. The van der Waals surface area contributed by atoms with Crippen LogP contribution in [0, 0.1) is 11.3 Å². The molecule has 2 aromatic carbocycles. The van der Waals surface area contributed by atoms with E-state index in [1.54, 1.807) is 7.11 Å². The minimum absolute atomic E-state index is 0.0284. The van der Waals surface area contributed by atoms with E-state index in [4.69, 9.17) is 39.4 Å². The van der Waals surface area contributed by atoms with E-state index in [9.17, 15) is 24.3 Å². The van der Waals surface area contributed by atoms with Crippen LogP contribution in [-0.2, 0) is 55.6 Å². The van der Waals surface area contributed by atoms with E-state index in [0.29, 0.717) is 50.2 Å². The molecule has 1 unspecified atom stereocenters. The smallest absolute Gasteiger partial charge is 0.344 e. The lowest BCUT2D eigenvalue weighted by molar-refractivity contribution is -0.228. The van der Waals surface area contributed by atoms with E-state index in [2.05, 4.69) is 58.1 Å². The van der Waals surface area contributed by atoms with Crippen molar-refractivity contribution in [3.05, 3.63) is 82.6 Å². The maximum Gasteiger partial charge on any atom is 0.344 e. The highest BCUT2D eigenvalue weighted by Gasteiger charge is 2.80.